The zero-order chi connectivity index (χ0) is 10.8. The third kappa shape index (κ3) is 1.78. The molecule has 0 fully saturated rings. The molecule has 0 radical (unpaired) electrons. The number of halogens is 1. The van der Waals surface area contributed by atoms with Gasteiger partial charge in [-0.25, -0.2) is 0 Å². The second kappa shape index (κ2) is 4.08. The Bertz CT molecular complexity index is 479. The van der Waals surface area contributed by atoms with Crippen molar-refractivity contribution in [2.45, 2.75) is 13.5 Å². The lowest BCUT2D eigenvalue weighted by Crippen LogP contribution is -2.11. The number of aromatic nitrogens is 4. The molecule has 0 aliphatic heterocycles. The molecule has 0 atom stereocenters. The third-order valence-electron chi connectivity index (χ3n) is 1.90. The summed E-state index contributed by atoms with van der Waals surface area (Å²) in [5.41, 5.74) is 0.670. The van der Waals surface area contributed by atoms with Gasteiger partial charge in [0.05, 0.1) is 11.2 Å². The zero-order valence-corrected chi connectivity index (χ0v) is 9.42. The smallest absolute Gasteiger partial charge is 0.233 e. The maximum Gasteiger partial charge on any atom is 0.233 e. The average Bonchev–Trinajstić information content (AvgIpc) is 2.85. The van der Waals surface area contributed by atoms with Crippen LogP contribution in [0.2, 0.25) is 5.02 Å². The van der Waals surface area contributed by atoms with E-state index in [-0.39, 0.29) is 5.78 Å². The number of carbonyl (C=O) groups excluding carboxylic acids is 1. The normalized spacial score (nSPS) is 10.5. The van der Waals surface area contributed by atoms with Crippen molar-refractivity contribution in [2.24, 2.45) is 0 Å². The van der Waals surface area contributed by atoms with Crippen LogP contribution in [0.1, 0.15) is 23.1 Å². The van der Waals surface area contributed by atoms with Gasteiger partial charge in [0.15, 0.2) is 0 Å². The van der Waals surface area contributed by atoms with Crippen LogP contribution in [-0.4, -0.2) is 25.2 Å². The first-order chi connectivity index (χ1) is 7.24. The summed E-state index contributed by atoms with van der Waals surface area (Å²) in [6.07, 6.45) is 1.46. The molecule has 2 aromatic rings. The Labute approximate surface area is 94.8 Å². The van der Waals surface area contributed by atoms with Crippen molar-refractivity contribution >= 4 is 28.9 Å². The fourth-order valence-electron chi connectivity index (χ4n) is 1.21. The van der Waals surface area contributed by atoms with Gasteiger partial charge in [-0.15, -0.1) is 5.10 Å². The summed E-state index contributed by atoms with van der Waals surface area (Å²) in [7, 11) is 0. The predicted molar refractivity (Wildman–Crippen MR) is 56.3 cm³/mol. The second-order valence-electron chi connectivity index (χ2n) is 2.78. The summed E-state index contributed by atoms with van der Waals surface area (Å²) >= 11 is 7.02. The van der Waals surface area contributed by atoms with Gasteiger partial charge >= 0.3 is 0 Å². The molecule has 0 saturated heterocycles. The van der Waals surface area contributed by atoms with Crippen molar-refractivity contribution in [2.75, 3.05) is 0 Å². The van der Waals surface area contributed by atoms with E-state index in [1.165, 1.54) is 6.20 Å². The Morgan fingerprint density at radius 2 is 2.47 bits per heavy atom. The highest BCUT2D eigenvalue weighted by Crippen LogP contribution is 2.18. The number of hydrogen-bond donors (Lipinski definition) is 0. The molecule has 7 heteroatoms. The van der Waals surface area contributed by atoms with Gasteiger partial charge in [-0.1, -0.05) is 16.1 Å². The summed E-state index contributed by atoms with van der Waals surface area (Å²) in [4.78, 5) is 11.9. The molecule has 15 heavy (non-hydrogen) atoms. The van der Waals surface area contributed by atoms with Crippen LogP contribution in [0.15, 0.2) is 11.6 Å². The van der Waals surface area contributed by atoms with Gasteiger partial charge in [0.25, 0.3) is 0 Å². The van der Waals surface area contributed by atoms with Crippen molar-refractivity contribution < 1.29 is 4.79 Å². The lowest BCUT2D eigenvalue weighted by molar-refractivity contribution is 0.102. The summed E-state index contributed by atoms with van der Waals surface area (Å²) in [5.74, 6) is -0.242. The Morgan fingerprint density at radius 1 is 1.67 bits per heavy atom. The van der Waals surface area contributed by atoms with E-state index in [9.17, 15) is 4.79 Å². The van der Waals surface area contributed by atoms with Gasteiger partial charge in [-0.05, 0) is 18.5 Å². The van der Waals surface area contributed by atoms with Crippen molar-refractivity contribution in [1.29, 1.82) is 0 Å². The summed E-state index contributed by atoms with van der Waals surface area (Å²) < 4.78 is 5.18. The van der Waals surface area contributed by atoms with E-state index in [4.69, 9.17) is 11.6 Å². The molecule has 5 nitrogen and oxygen atoms in total. The molecule has 0 aromatic carbocycles. The van der Waals surface area contributed by atoms with Gasteiger partial charge in [0.2, 0.25) is 5.78 Å². The quantitative estimate of drug-likeness (QED) is 0.768. The number of aryl methyl sites for hydroxylation is 1. The maximum absolute atomic E-state index is 11.9. The molecule has 2 rings (SSSR count). The van der Waals surface area contributed by atoms with Crippen LogP contribution >= 0.6 is 23.1 Å². The molecule has 0 bridgehead atoms. The molecule has 2 heterocycles. The monoisotopic (exact) mass is 242 g/mol. The Morgan fingerprint density at radius 3 is 3.07 bits per heavy atom. The number of rotatable bonds is 3. The minimum Gasteiger partial charge on any atom is -0.285 e. The molecule has 0 aliphatic carbocycles. The zero-order valence-electron chi connectivity index (χ0n) is 7.85. The molecule has 0 saturated carbocycles. The lowest BCUT2D eigenvalue weighted by Gasteiger charge is -2.01. The molecule has 2 aromatic heterocycles. The molecule has 0 amide bonds. The van der Waals surface area contributed by atoms with E-state index >= 15 is 0 Å². The van der Waals surface area contributed by atoms with E-state index in [2.05, 4.69) is 14.7 Å². The fourth-order valence-corrected chi connectivity index (χ4v) is 1.88. The average molecular weight is 243 g/mol. The van der Waals surface area contributed by atoms with Crippen molar-refractivity contribution in [3.63, 3.8) is 0 Å². The van der Waals surface area contributed by atoms with Gasteiger partial charge in [0, 0.05) is 11.9 Å². The summed E-state index contributed by atoms with van der Waals surface area (Å²) in [5, 5.41) is 9.62. The summed E-state index contributed by atoms with van der Waals surface area (Å²) in [6, 6.07) is 0. The van der Waals surface area contributed by atoms with E-state index in [1.807, 2.05) is 6.92 Å². The topological polar surface area (TPSA) is 60.7 Å². The first kappa shape index (κ1) is 10.3. The maximum atomic E-state index is 11.9. The molecule has 0 N–H and O–H groups in total. The molecule has 0 aliphatic rings. The number of carbonyl (C=O) groups is 1. The van der Waals surface area contributed by atoms with Crippen LogP contribution in [0.25, 0.3) is 0 Å². The summed E-state index contributed by atoms with van der Waals surface area (Å²) in [6.45, 7) is 2.48. The minimum absolute atomic E-state index is 0.242. The van der Waals surface area contributed by atoms with Crippen LogP contribution in [0.3, 0.4) is 0 Å². The van der Waals surface area contributed by atoms with E-state index < -0.39 is 0 Å². The fraction of sp³-hybridized carbons (Fsp3) is 0.250. The van der Waals surface area contributed by atoms with E-state index in [0.717, 1.165) is 11.5 Å². The largest absolute Gasteiger partial charge is 0.285 e. The SMILES string of the molecule is CCn1ncc(Cl)c1C(=O)c1csnn1. The molecule has 78 valence electrons. The Balaban J connectivity index is 2.45. The predicted octanol–water partition coefficient (Wildman–Crippen LogP) is 1.64. The highest BCUT2D eigenvalue weighted by atomic mass is 35.5. The third-order valence-corrected chi connectivity index (χ3v) is 2.68. The van der Waals surface area contributed by atoms with Crippen molar-refractivity contribution in [3.05, 3.63) is 28.0 Å². The van der Waals surface area contributed by atoms with E-state index in [1.54, 1.807) is 10.1 Å². The first-order valence-corrected chi connectivity index (χ1v) is 5.48. The van der Waals surface area contributed by atoms with Crippen molar-refractivity contribution in [1.82, 2.24) is 19.4 Å². The van der Waals surface area contributed by atoms with Gasteiger partial charge in [-0.3, -0.25) is 9.48 Å². The highest BCUT2D eigenvalue weighted by Gasteiger charge is 2.20. The lowest BCUT2D eigenvalue weighted by atomic mass is 10.2. The number of nitrogens with zero attached hydrogens (tertiary/aromatic N) is 4. The van der Waals surface area contributed by atoms with Crippen molar-refractivity contribution in [3.8, 4) is 0 Å². The Kier molecular flexibility index (Phi) is 2.79. The number of hydrogen-bond acceptors (Lipinski definition) is 5. The standard InChI is InChI=1S/C8H7ClN4OS/c1-2-13-7(5(9)3-10-13)8(14)6-4-15-12-11-6/h3-4H,2H2,1H3. The Hall–Kier alpha value is -1.27. The van der Waals surface area contributed by atoms with Crippen LogP contribution in [-0.2, 0) is 6.54 Å². The number of ketones is 1. The van der Waals surface area contributed by atoms with Crippen LogP contribution in [0, 0.1) is 0 Å². The molecular formula is C8H7ClN4OS. The van der Waals surface area contributed by atoms with Crippen LogP contribution < -0.4 is 0 Å². The van der Waals surface area contributed by atoms with E-state index in [0.29, 0.717) is 23.0 Å². The molecule has 0 unspecified atom stereocenters. The molecule has 0 spiro atoms. The van der Waals surface area contributed by atoms with Gasteiger partial charge in [0.1, 0.15) is 11.4 Å². The molecular weight excluding hydrogens is 236 g/mol. The second-order valence-corrected chi connectivity index (χ2v) is 3.79. The van der Waals surface area contributed by atoms with Crippen LogP contribution in [0.5, 0.6) is 0 Å². The minimum atomic E-state index is -0.242. The highest BCUT2D eigenvalue weighted by molar-refractivity contribution is 7.03. The van der Waals surface area contributed by atoms with Crippen LogP contribution in [0.4, 0.5) is 0 Å². The first-order valence-electron chi connectivity index (χ1n) is 4.27. The van der Waals surface area contributed by atoms with Gasteiger partial charge < -0.3 is 0 Å². The van der Waals surface area contributed by atoms with Gasteiger partial charge in [-0.2, -0.15) is 5.10 Å².